The summed E-state index contributed by atoms with van der Waals surface area (Å²) in [5, 5.41) is 8.49. The van der Waals surface area contributed by atoms with Gasteiger partial charge in [0.05, 0.1) is 13.0 Å². The predicted octanol–water partition coefficient (Wildman–Crippen LogP) is 0.710. The van der Waals surface area contributed by atoms with Crippen molar-refractivity contribution in [3.05, 3.63) is 0 Å². The van der Waals surface area contributed by atoms with E-state index in [9.17, 15) is 18.4 Å². The van der Waals surface area contributed by atoms with E-state index < -0.39 is 25.0 Å². The standard InChI is InChI=1S/C9H14F2N2O3/c1-12(5-7(10)11)9(16)13-3-6(4-13)2-8(14)15/h6-7H,2-5H2,1H3,(H,14,15). The highest BCUT2D eigenvalue weighted by atomic mass is 19.3. The lowest BCUT2D eigenvalue weighted by Crippen LogP contribution is -2.55. The van der Waals surface area contributed by atoms with Gasteiger partial charge in [-0.25, -0.2) is 13.6 Å². The van der Waals surface area contributed by atoms with Crippen molar-refractivity contribution in [2.45, 2.75) is 12.8 Å². The smallest absolute Gasteiger partial charge is 0.319 e. The summed E-state index contributed by atoms with van der Waals surface area (Å²) < 4.78 is 24.0. The minimum absolute atomic E-state index is 0.0162. The molecule has 1 N–H and O–H groups in total. The molecule has 7 heteroatoms. The first kappa shape index (κ1) is 12.7. The molecular weight excluding hydrogens is 222 g/mol. The van der Waals surface area contributed by atoms with E-state index >= 15 is 0 Å². The summed E-state index contributed by atoms with van der Waals surface area (Å²) in [6, 6.07) is -0.470. The second-order valence-corrected chi connectivity index (χ2v) is 3.92. The lowest BCUT2D eigenvalue weighted by atomic mass is 9.97. The molecule has 5 nitrogen and oxygen atoms in total. The summed E-state index contributed by atoms with van der Waals surface area (Å²) in [4.78, 5) is 24.1. The number of hydrogen-bond donors (Lipinski definition) is 1. The Balaban J connectivity index is 2.28. The molecule has 0 aromatic heterocycles. The Bertz CT molecular complexity index is 280. The summed E-state index contributed by atoms with van der Waals surface area (Å²) in [5.74, 6) is -0.959. The van der Waals surface area contributed by atoms with Crippen molar-refractivity contribution in [2.75, 3.05) is 26.7 Å². The van der Waals surface area contributed by atoms with Gasteiger partial charge >= 0.3 is 12.0 Å². The van der Waals surface area contributed by atoms with Gasteiger partial charge in [0.2, 0.25) is 0 Å². The van der Waals surface area contributed by atoms with Crippen LogP contribution in [-0.4, -0.2) is 60.0 Å². The third kappa shape index (κ3) is 3.32. The Morgan fingerprint density at radius 1 is 1.50 bits per heavy atom. The molecule has 0 aromatic carbocycles. The fourth-order valence-corrected chi connectivity index (χ4v) is 1.63. The third-order valence-corrected chi connectivity index (χ3v) is 2.43. The van der Waals surface area contributed by atoms with Crippen LogP contribution in [0.3, 0.4) is 0 Å². The molecule has 0 bridgehead atoms. The quantitative estimate of drug-likeness (QED) is 0.782. The molecule has 1 rings (SSSR count). The molecule has 0 unspecified atom stereocenters. The molecule has 16 heavy (non-hydrogen) atoms. The van der Waals surface area contributed by atoms with Crippen molar-refractivity contribution in [3.8, 4) is 0 Å². The molecule has 0 aliphatic carbocycles. The molecule has 1 aliphatic rings. The van der Waals surface area contributed by atoms with Gasteiger partial charge in [-0.15, -0.1) is 0 Å². The van der Waals surface area contributed by atoms with Gasteiger partial charge in [0.25, 0.3) is 6.43 Å². The fraction of sp³-hybridized carbons (Fsp3) is 0.778. The number of rotatable bonds is 4. The highest BCUT2D eigenvalue weighted by Crippen LogP contribution is 2.20. The summed E-state index contributed by atoms with van der Waals surface area (Å²) >= 11 is 0. The molecule has 0 atom stereocenters. The van der Waals surface area contributed by atoms with Gasteiger partial charge in [-0.2, -0.15) is 0 Å². The first-order chi connectivity index (χ1) is 7.40. The zero-order valence-electron chi connectivity index (χ0n) is 8.90. The Hall–Kier alpha value is -1.40. The van der Waals surface area contributed by atoms with Crippen LogP contribution >= 0.6 is 0 Å². The van der Waals surface area contributed by atoms with Crippen LogP contribution in [0, 0.1) is 5.92 Å². The topological polar surface area (TPSA) is 60.9 Å². The van der Waals surface area contributed by atoms with Crippen molar-refractivity contribution < 1.29 is 23.5 Å². The maximum atomic E-state index is 12.0. The number of carboxylic acid groups (broad SMARTS) is 1. The first-order valence-corrected chi connectivity index (χ1v) is 4.90. The van der Waals surface area contributed by atoms with E-state index in [4.69, 9.17) is 5.11 Å². The zero-order chi connectivity index (χ0) is 12.3. The second kappa shape index (κ2) is 5.09. The van der Waals surface area contributed by atoms with Gasteiger partial charge in [0.1, 0.15) is 0 Å². The number of carbonyl (C=O) groups is 2. The van der Waals surface area contributed by atoms with Crippen molar-refractivity contribution in [2.24, 2.45) is 5.92 Å². The van der Waals surface area contributed by atoms with Crippen LogP contribution in [0.5, 0.6) is 0 Å². The van der Waals surface area contributed by atoms with Crippen LogP contribution in [0.1, 0.15) is 6.42 Å². The van der Waals surface area contributed by atoms with Crippen LogP contribution in [0.15, 0.2) is 0 Å². The highest BCUT2D eigenvalue weighted by molar-refractivity contribution is 5.75. The van der Waals surface area contributed by atoms with E-state index in [1.807, 2.05) is 0 Å². The van der Waals surface area contributed by atoms with Gasteiger partial charge in [-0.05, 0) is 0 Å². The molecule has 1 aliphatic heterocycles. The zero-order valence-corrected chi connectivity index (χ0v) is 8.90. The number of carbonyl (C=O) groups excluding carboxylic acids is 1. The van der Waals surface area contributed by atoms with Crippen molar-refractivity contribution >= 4 is 12.0 Å². The molecule has 0 aromatic rings. The van der Waals surface area contributed by atoms with E-state index in [1.165, 1.54) is 11.9 Å². The number of carboxylic acids is 1. The number of alkyl halides is 2. The second-order valence-electron chi connectivity index (χ2n) is 3.92. The van der Waals surface area contributed by atoms with E-state index in [1.54, 1.807) is 0 Å². The number of aliphatic carboxylic acids is 1. The number of nitrogens with zero attached hydrogens (tertiary/aromatic N) is 2. The number of hydrogen-bond acceptors (Lipinski definition) is 2. The maximum Gasteiger partial charge on any atom is 0.319 e. The molecule has 0 radical (unpaired) electrons. The van der Waals surface area contributed by atoms with Gasteiger partial charge in [0, 0.05) is 26.1 Å². The fourth-order valence-electron chi connectivity index (χ4n) is 1.63. The SMILES string of the molecule is CN(CC(F)F)C(=O)N1CC(CC(=O)O)C1. The average molecular weight is 236 g/mol. The number of amides is 2. The van der Waals surface area contributed by atoms with Crippen molar-refractivity contribution in [1.82, 2.24) is 9.80 Å². The molecule has 1 saturated heterocycles. The van der Waals surface area contributed by atoms with E-state index in [-0.39, 0.29) is 12.3 Å². The van der Waals surface area contributed by atoms with Gasteiger partial charge < -0.3 is 14.9 Å². The van der Waals surface area contributed by atoms with E-state index in [2.05, 4.69) is 0 Å². The van der Waals surface area contributed by atoms with E-state index in [0.717, 1.165) is 4.90 Å². The van der Waals surface area contributed by atoms with Crippen LogP contribution in [0.4, 0.5) is 13.6 Å². The molecule has 0 saturated carbocycles. The van der Waals surface area contributed by atoms with Gasteiger partial charge in [-0.1, -0.05) is 0 Å². The Kier molecular flexibility index (Phi) is 4.03. The van der Waals surface area contributed by atoms with Crippen LogP contribution in [0.25, 0.3) is 0 Å². The summed E-state index contributed by atoms with van der Waals surface area (Å²) in [7, 11) is 1.30. The molecule has 0 spiro atoms. The Labute approximate surface area is 91.6 Å². The normalized spacial score (nSPS) is 16.1. The predicted molar refractivity (Wildman–Crippen MR) is 51.3 cm³/mol. The Morgan fingerprint density at radius 3 is 2.50 bits per heavy atom. The van der Waals surface area contributed by atoms with Gasteiger partial charge in [0.15, 0.2) is 0 Å². The van der Waals surface area contributed by atoms with Crippen LogP contribution < -0.4 is 0 Å². The molecule has 92 valence electrons. The molecular formula is C9H14F2N2O3. The third-order valence-electron chi connectivity index (χ3n) is 2.43. The number of likely N-dealkylation sites (tertiary alicyclic amines) is 1. The monoisotopic (exact) mass is 236 g/mol. The van der Waals surface area contributed by atoms with Crippen LogP contribution in [0.2, 0.25) is 0 Å². The largest absolute Gasteiger partial charge is 0.481 e. The minimum atomic E-state index is -2.55. The molecule has 1 heterocycles. The number of urea groups is 1. The lowest BCUT2D eigenvalue weighted by molar-refractivity contribution is -0.139. The minimum Gasteiger partial charge on any atom is -0.481 e. The maximum absolute atomic E-state index is 12.0. The van der Waals surface area contributed by atoms with E-state index in [0.29, 0.717) is 13.1 Å². The van der Waals surface area contributed by atoms with Gasteiger partial charge in [-0.3, -0.25) is 4.79 Å². The molecule has 2 amide bonds. The molecule has 1 fully saturated rings. The number of halogens is 2. The average Bonchev–Trinajstić information content (AvgIpc) is 2.07. The Morgan fingerprint density at radius 2 is 2.06 bits per heavy atom. The lowest BCUT2D eigenvalue weighted by Gasteiger charge is -2.40. The highest BCUT2D eigenvalue weighted by Gasteiger charge is 2.33. The van der Waals surface area contributed by atoms with Crippen LogP contribution in [-0.2, 0) is 4.79 Å². The summed E-state index contributed by atoms with van der Waals surface area (Å²) in [5.41, 5.74) is 0. The van der Waals surface area contributed by atoms with Crippen molar-refractivity contribution in [1.29, 1.82) is 0 Å². The summed E-state index contributed by atoms with van der Waals surface area (Å²) in [6.07, 6.45) is -2.53. The first-order valence-electron chi connectivity index (χ1n) is 4.90. The summed E-state index contributed by atoms with van der Waals surface area (Å²) in [6.45, 7) is 0.0658. The van der Waals surface area contributed by atoms with Crippen molar-refractivity contribution in [3.63, 3.8) is 0 Å².